The minimum absolute atomic E-state index is 0.00342. The number of anilines is 2. The van der Waals surface area contributed by atoms with Crippen LogP contribution in [-0.2, 0) is 15.8 Å². The van der Waals surface area contributed by atoms with Crippen LogP contribution >= 0.6 is 11.8 Å². The summed E-state index contributed by atoms with van der Waals surface area (Å²) in [6.45, 7) is 3.44. The maximum Gasteiger partial charge on any atom is 0.418 e. The van der Waals surface area contributed by atoms with Crippen LogP contribution in [0.4, 0.5) is 24.5 Å². The molecule has 2 amide bonds. The predicted octanol–water partition coefficient (Wildman–Crippen LogP) is 4.71. The van der Waals surface area contributed by atoms with E-state index in [0.29, 0.717) is 5.69 Å². The summed E-state index contributed by atoms with van der Waals surface area (Å²) < 4.78 is 38.9. The van der Waals surface area contributed by atoms with Gasteiger partial charge in [0.2, 0.25) is 11.8 Å². The predicted molar refractivity (Wildman–Crippen MR) is 102 cm³/mol. The average Bonchev–Trinajstić information content (AvgIpc) is 2.59. The number of carbonyl (C=O) groups excluding carboxylic acids is 2. The lowest BCUT2D eigenvalue weighted by atomic mass is 10.1. The van der Waals surface area contributed by atoms with Gasteiger partial charge in [-0.15, -0.1) is 11.8 Å². The topological polar surface area (TPSA) is 58.2 Å². The molecular weight excluding hydrogens is 377 g/mol. The van der Waals surface area contributed by atoms with Crippen molar-refractivity contribution in [2.24, 2.45) is 0 Å². The second kappa shape index (κ2) is 8.94. The lowest BCUT2D eigenvalue weighted by Gasteiger charge is -2.16. The molecule has 0 aliphatic carbocycles. The highest BCUT2D eigenvalue weighted by Crippen LogP contribution is 2.34. The molecule has 8 heteroatoms. The maximum atomic E-state index is 13.0. The molecule has 144 valence electrons. The Morgan fingerprint density at radius 3 is 2.44 bits per heavy atom. The molecule has 0 saturated carbocycles. The molecule has 2 rings (SSSR count). The van der Waals surface area contributed by atoms with Crippen molar-refractivity contribution >= 4 is 35.0 Å². The molecule has 0 aliphatic rings. The van der Waals surface area contributed by atoms with Gasteiger partial charge in [-0.3, -0.25) is 9.59 Å². The van der Waals surface area contributed by atoms with Gasteiger partial charge in [-0.25, -0.2) is 0 Å². The van der Waals surface area contributed by atoms with Crippen LogP contribution < -0.4 is 10.6 Å². The largest absolute Gasteiger partial charge is 0.418 e. The number of amides is 2. The molecule has 0 aromatic heterocycles. The molecule has 0 unspecified atom stereocenters. The van der Waals surface area contributed by atoms with Gasteiger partial charge in [0.25, 0.3) is 0 Å². The van der Waals surface area contributed by atoms with E-state index < -0.39 is 22.9 Å². The molecular formula is C19H19F3N2O2S. The van der Waals surface area contributed by atoms with Gasteiger partial charge in [0.15, 0.2) is 0 Å². The first-order valence-corrected chi connectivity index (χ1v) is 9.17. The molecule has 2 aromatic carbocycles. The van der Waals surface area contributed by atoms with Gasteiger partial charge in [-0.05, 0) is 43.7 Å². The van der Waals surface area contributed by atoms with E-state index in [1.165, 1.54) is 25.1 Å². The number of aryl methyl sites for hydroxylation is 1. The minimum atomic E-state index is -4.56. The zero-order valence-electron chi connectivity index (χ0n) is 14.8. The van der Waals surface area contributed by atoms with E-state index in [1.807, 2.05) is 25.1 Å². The monoisotopic (exact) mass is 396 g/mol. The summed E-state index contributed by atoms with van der Waals surface area (Å²) in [4.78, 5) is 24.2. The molecule has 0 heterocycles. The zero-order chi connectivity index (χ0) is 20.0. The van der Waals surface area contributed by atoms with Crippen LogP contribution in [0.15, 0.2) is 48.5 Å². The van der Waals surface area contributed by atoms with E-state index in [0.717, 1.165) is 23.4 Å². The summed E-state index contributed by atoms with van der Waals surface area (Å²) in [6.07, 6.45) is -4.56. The van der Waals surface area contributed by atoms with E-state index in [9.17, 15) is 22.8 Å². The molecule has 0 saturated heterocycles. The van der Waals surface area contributed by atoms with Gasteiger partial charge in [-0.2, -0.15) is 13.2 Å². The Kier molecular flexibility index (Phi) is 6.90. The van der Waals surface area contributed by atoms with Crippen molar-refractivity contribution in [3.8, 4) is 0 Å². The van der Waals surface area contributed by atoms with Crippen LogP contribution in [0.25, 0.3) is 0 Å². The van der Waals surface area contributed by atoms with Gasteiger partial charge in [0.1, 0.15) is 0 Å². The van der Waals surface area contributed by atoms with Gasteiger partial charge in [0, 0.05) is 5.69 Å². The van der Waals surface area contributed by atoms with Crippen molar-refractivity contribution < 1.29 is 22.8 Å². The van der Waals surface area contributed by atoms with Crippen molar-refractivity contribution in [2.45, 2.75) is 25.3 Å². The van der Waals surface area contributed by atoms with Gasteiger partial charge in [0.05, 0.1) is 22.3 Å². The second-order valence-corrected chi connectivity index (χ2v) is 7.23. The highest BCUT2D eigenvalue weighted by molar-refractivity contribution is 8.01. The number of rotatable bonds is 6. The first-order valence-electron chi connectivity index (χ1n) is 8.12. The van der Waals surface area contributed by atoms with E-state index in [1.54, 1.807) is 6.07 Å². The molecule has 0 fully saturated rings. The summed E-state index contributed by atoms with van der Waals surface area (Å²) in [7, 11) is 0. The lowest BCUT2D eigenvalue weighted by Crippen LogP contribution is -2.26. The van der Waals surface area contributed by atoms with E-state index in [4.69, 9.17) is 0 Å². The number of para-hydroxylation sites is 1. The first kappa shape index (κ1) is 20.8. The number of halogens is 3. The van der Waals surface area contributed by atoms with Crippen LogP contribution in [0.2, 0.25) is 0 Å². The fraction of sp³-hybridized carbons (Fsp3) is 0.263. The van der Waals surface area contributed by atoms with E-state index in [2.05, 4.69) is 10.6 Å². The van der Waals surface area contributed by atoms with Crippen molar-refractivity contribution in [1.29, 1.82) is 0 Å². The maximum absolute atomic E-state index is 13.0. The van der Waals surface area contributed by atoms with Crippen LogP contribution in [-0.4, -0.2) is 22.8 Å². The minimum Gasteiger partial charge on any atom is -0.325 e. The van der Waals surface area contributed by atoms with E-state index >= 15 is 0 Å². The fourth-order valence-electron chi connectivity index (χ4n) is 2.27. The molecule has 0 aliphatic heterocycles. The first-order chi connectivity index (χ1) is 12.7. The van der Waals surface area contributed by atoms with Gasteiger partial charge < -0.3 is 10.6 Å². The van der Waals surface area contributed by atoms with Crippen LogP contribution in [0.5, 0.6) is 0 Å². The SMILES string of the molecule is Cc1cccc(NC(=O)CS[C@H](C)C(=O)Nc2ccccc2C(F)(F)F)c1. The number of alkyl halides is 3. The van der Waals surface area contributed by atoms with E-state index in [-0.39, 0.29) is 17.3 Å². The number of benzene rings is 2. The normalized spacial score (nSPS) is 12.3. The van der Waals surface area contributed by atoms with Crippen LogP contribution in [0.1, 0.15) is 18.1 Å². The smallest absolute Gasteiger partial charge is 0.325 e. The van der Waals surface area contributed by atoms with Crippen LogP contribution in [0.3, 0.4) is 0 Å². The quantitative estimate of drug-likeness (QED) is 0.743. The number of thioether (sulfide) groups is 1. The molecule has 0 bridgehead atoms. The molecule has 2 aromatic rings. The Hall–Kier alpha value is -2.48. The zero-order valence-corrected chi connectivity index (χ0v) is 15.6. The van der Waals surface area contributed by atoms with Crippen LogP contribution in [0, 0.1) is 6.92 Å². The Morgan fingerprint density at radius 1 is 1.07 bits per heavy atom. The standard InChI is InChI=1S/C19H19F3N2O2S/c1-12-6-5-7-14(10-12)23-17(25)11-27-13(2)18(26)24-16-9-4-3-8-15(16)19(20,21)22/h3-10,13H,11H2,1-2H3,(H,23,25)(H,24,26)/t13-/m1/s1. The average molecular weight is 396 g/mol. The summed E-state index contributed by atoms with van der Waals surface area (Å²) in [6, 6.07) is 12.0. The molecule has 0 radical (unpaired) electrons. The second-order valence-electron chi connectivity index (χ2n) is 5.90. The summed E-state index contributed by atoms with van der Waals surface area (Å²) in [5.41, 5.74) is 0.438. The van der Waals surface area contributed by atoms with Gasteiger partial charge in [-0.1, -0.05) is 24.3 Å². The van der Waals surface area contributed by atoms with Crippen molar-refractivity contribution in [2.75, 3.05) is 16.4 Å². The Morgan fingerprint density at radius 2 is 1.78 bits per heavy atom. The molecule has 0 spiro atoms. The van der Waals surface area contributed by atoms with Crippen molar-refractivity contribution in [3.05, 3.63) is 59.7 Å². The third-order valence-corrected chi connectivity index (χ3v) is 4.77. The third kappa shape index (κ3) is 6.32. The third-order valence-electron chi connectivity index (χ3n) is 3.63. The summed E-state index contributed by atoms with van der Waals surface area (Å²) >= 11 is 1.04. The number of carbonyl (C=O) groups is 2. The lowest BCUT2D eigenvalue weighted by molar-refractivity contribution is -0.137. The fourth-order valence-corrected chi connectivity index (χ4v) is 2.95. The molecule has 1 atom stereocenters. The Labute approximate surface area is 159 Å². The highest BCUT2D eigenvalue weighted by atomic mass is 32.2. The Balaban J connectivity index is 1.90. The van der Waals surface area contributed by atoms with Crippen molar-refractivity contribution in [3.63, 3.8) is 0 Å². The number of nitrogens with one attached hydrogen (secondary N) is 2. The number of hydrogen-bond donors (Lipinski definition) is 2. The molecule has 4 nitrogen and oxygen atoms in total. The Bertz CT molecular complexity index is 825. The number of hydrogen-bond acceptors (Lipinski definition) is 3. The summed E-state index contributed by atoms with van der Waals surface area (Å²) in [5.74, 6) is -0.885. The highest BCUT2D eigenvalue weighted by Gasteiger charge is 2.33. The van der Waals surface area contributed by atoms with Gasteiger partial charge >= 0.3 is 6.18 Å². The summed E-state index contributed by atoms with van der Waals surface area (Å²) in [5, 5.41) is 4.30. The van der Waals surface area contributed by atoms with Crippen molar-refractivity contribution in [1.82, 2.24) is 0 Å². The molecule has 27 heavy (non-hydrogen) atoms. The molecule has 2 N–H and O–H groups in total.